The number of anilines is 1. The first-order valence-corrected chi connectivity index (χ1v) is 13.6. The first kappa shape index (κ1) is 22.9. The van der Waals surface area contributed by atoms with Crippen molar-refractivity contribution in [3.8, 4) is 11.6 Å². The van der Waals surface area contributed by atoms with Gasteiger partial charge in [-0.2, -0.15) is 4.98 Å². The maximum atomic E-state index is 11.3. The monoisotopic (exact) mass is 476 g/mol. The van der Waals surface area contributed by atoms with Gasteiger partial charge in [0.2, 0.25) is 5.95 Å². The first-order valence-electron chi connectivity index (χ1n) is 11.0. The molecule has 9 heteroatoms. The van der Waals surface area contributed by atoms with Crippen LogP contribution in [0.4, 0.5) is 5.95 Å². The van der Waals surface area contributed by atoms with E-state index in [1.807, 2.05) is 41.1 Å². The van der Waals surface area contributed by atoms with Crippen molar-refractivity contribution in [3.05, 3.63) is 42.7 Å². The minimum Gasteiger partial charge on any atom is -0.493 e. The van der Waals surface area contributed by atoms with Crippen LogP contribution in [0.2, 0.25) is 0 Å². The zero-order valence-electron chi connectivity index (χ0n) is 18.2. The summed E-state index contributed by atoms with van der Waals surface area (Å²) in [5.74, 6) is 3.62. The van der Waals surface area contributed by atoms with Crippen molar-refractivity contribution in [1.29, 1.82) is 0 Å². The Hall–Kier alpha value is -2.32. The number of nitrogens with zero attached hydrogens (tertiary/aromatic N) is 3. The van der Waals surface area contributed by atoms with Crippen molar-refractivity contribution >= 4 is 38.3 Å². The third-order valence-corrected chi connectivity index (χ3v) is 7.36. The van der Waals surface area contributed by atoms with E-state index in [1.165, 1.54) is 6.26 Å². The van der Waals surface area contributed by atoms with E-state index in [2.05, 4.69) is 10.3 Å². The lowest BCUT2D eigenvalue weighted by molar-refractivity contribution is 0.321. The quantitative estimate of drug-likeness (QED) is 0.363. The number of benzene rings is 1. The lowest BCUT2D eigenvalue weighted by atomic mass is 9.87. The summed E-state index contributed by atoms with van der Waals surface area (Å²) in [7, 11) is -2.98. The van der Waals surface area contributed by atoms with Crippen LogP contribution in [0.15, 0.2) is 42.7 Å². The fourth-order valence-electron chi connectivity index (χ4n) is 4.16. The SMILES string of the molecule is CS(=O)(=O)CCCOc1cccc2c1ccn2-c1ccnc(NC2CCC(CCl)CC2)n1. The molecule has 0 aliphatic heterocycles. The molecule has 4 rings (SSSR count). The third kappa shape index (κ3) is 5.72. The van der Waals surface area contributed by atoms with Crippen molar-refractivity contribution in [2.75, 3.05) is 29.8 Å². The number of hydrogen-bond acceptors (Lipinski definition) is 6. The van der Waals surface area contributed by atoms with Gasteiger partial charge in [-0.15, -0.1) is 11.6 Å². The molecular weight excluding hydrogens is 448 g/mol. The normalized spacial score (nSPS) is 19.2. The molecule has 3 aromatic rings. The van der Waals surface area contributed by atoms with Gasteiger partial charge in [-0.3, -0.25) is 0 Å². The molecule has 1 aromatic carbocycles. The molecular formula is C23H29ClN4O3S. The summed E-state index contributed by atoms with van der Waals surface area (Å²) in [5, 5.41) is 4.44. The number of halogens is 1. The van der Waals surface area contributed by atoms with Crippen LogP contribution in [0.1, 0.15) is 32.1 Å². The van der Waals surface area contributed by atoms with Crippen molar-refractivity contribution in [2.24, 2.45) is 5.92 Å². The Kier molecular flexibility index (Phi) is 7.20. The van der Waals surface area contributed by atoms with Crippen LogP contribution in [0.3, 0.4) is 0 Å². The fraction of sp³-hybridized carbons (Fsp3) is 0.478. The molecule has 0 atom stereocenters. The van der Waals surface area contributed by atoms with E-state index in [0.717, 1.165) is 54.0 Å². The number of sulfone groups is 1. The molecule has 1 saturated carbocycles. The van der Waals surface area contributed by atoms with Gasteiger partial charge in [0, 0.05) is 36.0 Å². The highest BCUT2D eigenvalue weighted by atomic mass is 35.5. The molecule has 1 aliphatic rings. The van der Waals surface area contributed by atoms with Gasteiger partial charge in [0.1, 0.15) is 21.4 Å². The highest BCUT2D eigenvalue weighted by Crippen LogP contribution is 2.29. The molecule has 7 nitrogen and oxygen atoms in total. The van der Waals surface area contributed by atoms with Crippen LogP contribution >= 0.6 is 11.6 Å². The first-order chi connectivity index (χ1) is 15.4. The van der Waals surface area contributed by atoms with Gasteiger partial charge >= 0.3 is 0 Å². The van der Waals surface area contributed by atoms with E-state index in [1.54, 1.807) is 6.20 Å². The molecule has 172 valence electrons. The standard InChI is InChI=1S/C23H29ClN4O3S/c1-32(29,30)15-3-14-31-21-5-2-4-20-19(21)11-13-28(20)22-10-12-25-23(27-22)26-18-8-6-17(16-24)7-9-18/h2,4-5,10-13,17-18H,3,6-9,14-16H2,1H3,(H,25,26,27). The van der Waals surface area contributed by atoms with E-state index >= 15 is 0 Å². The van der Waals surface area contributed by atoms with Crippen LogP contribution < -0.4 is 10.1 Å². The second-order valence-electron chi connectivity index (χ2n) is 8.46. The molecule has 0 bridgehead atoms. The Balaban J connectivity index is 1.47. The van der Waals surface area contributed by atoms with Gasteiger partial charge in [-0.05, 0) is 62.3 Å². The second-order valence-corrected chi connectivity index (χ2v) is 11.0. The topological polar surface area (TPSA) is 86.1 Å². The van der Waals surface area contributed by atoms with Crippen LogP contribution in [0.25, 0.3) is 16.7 Å². The lowest BCUT2D eigenvalue weighted by Gasteiger charge is -2.27. The van der Waals surface area contributed by atoms with Gasteiger partial charge in [0.05, 0.1) is 17.9 Å². The summed E-state index contributed by atoms with van der Waals surface area (Å²) >= 11 is 6.00. The Morgan fingerprint density at radius 3 is 2.75 bits per heavy atom. The van der Waals surface area contributed by atoms with Crippen LogP contribution in [-0.2, 0) is 9.84 Å². The van der Waals surface area contributed by atoms with Gasteiger partial charge in [-0.1, -0.05) is 6.07 Å². The van der Waals surface area contributed by atoms with E-state index in [9.17, 15) is 8.42 Å². The highest BCUT2D eigenvalue weighted by molar-refractivity contribution is 7.90. The fourth-order valence-corrected chi connectivity index (χ4v) is 5.12. The summed E-state index contributed by atoms with van der Waals surface area (Å²) < 4.78 is 30.5. The summed E-state index contributed by atoms with van der Waals surface area (Å²) in [5.41, 5.74) is 0.970. The molecule has 0 saturated heterocycles. The predicted molar refractivity (Wildman–Crippen MR) is 129 cm³/mol. The van der Waals surface area contributed by atoms with Crippen molar-refractivity contribution < 1.29 is 13.2 Å². The molecule has 1 fully saturated rings. The van der Waals surface area contributed by atoms with Gasteiger partial charge in [0.15, 0.2) is 0 Å². The molecule has 2 aromatic heterocycles. The number of hydrogen-bond donors (Lipinski definition) is 1. The van der Waals surface area contributed by atoms with E-state index in [-0.39, 0.29) is 5.75 Å². The summed E-state index contributed by atoms with van der Waals surface area (Å²) in [6.45, 7) is 0.352. The second kappa shape index (κ2) is 10.1. The van der Waals surface area contributed by atoms with Gasteiger partial charge < -0.3 is 14.6 Å². The van der Waals surface area contributed by atoms with Crippen molar-refractivity contribution in [3.63, 3.8) is 0 Å². The minimum atomic E-state index is -2.98. The van der Waals surface area contributed by atoms with Gasteiger partial charge in [0.25, 0.3) is 0 Å². The molecule has 0 unspecified atom stereocenters. The minimum absolute atomic E-state index is 0.119. The third-order valence-electron chi connectivity index (χ3n) is 5.90. The molecule has 0 radical (unpaired) electrons. The Bertz CT molecular complexity index is 1160. The molecule has 0 spiro atoms. The average Bonchev–Trinajstić information content (AvgIpc) is 3.22. The van der Waals surface area contributed by atoms with E-state index < -0.39 is 9.84 Å². The van der Waals surface area contributed by atoms with E-state index in [0.29, 0.717) is 30.9 Å². The zero-order valence-corrected chi connectivity index (χ0v) is 19.8. The van der Waals surface area contributed by atoms with E-state index in [4.69, 9.17) is 21.3 Å². The average molecular weight is 477 g/mol. The summed E-state index contributed by atoms with van der Waals surface area (Å²) in [6.07, 6.45) is 9.87. The van der Waals surface area contributed by atoms with Gasteiger partial charge in [-0.25, -0.2) is 13.4 Å². The molecule has 32 heavy (non-hydrogen) atoms. The molecule has 1 N–H and O–H groups in total. The molecule has 0 amide bonds. The number of aromatic nitrogens is 3. The predicted octanol–water partition coefficient (Wildman–Crippen LogP) is 4.44. The molecule has 2 heterocycles. The highest BCUT2D eigenvalue weighted by Gasteiger charge is 2.21. The zero-order chi connectivity index (χ0) is 22.6. The Morgan fingerprint density at radius 1 is 1.19 bits per heavy atom. The number of nitrogens with one attached hydrogen (secondary N) is 1. The molecule has 1 aliphatic carbocycles. The largest absolute Gasteiger partial charge is 0.493 e. The Morgan fingerprint density at radius 2 is 2.00 bits per heavy atom. The maximum Gasteiger partial charge on any atom is 0.224 e. The van der Waals surface area contributed by atoms with Crippen molar-refractivity contribution in [1.82, 2.24) is 14.5 Å². The number of alkyl halides is 1. The van der Waals surface area contributed by atoms with Crippen LogP contribution in [0, 0.1) is 5.92 Å². The van der Waals surface area contributed by atoms with Crippen molar-refractivity contribution in [2.45, 2.75) is 38.1 Å². The smallest absolute Gasteiger partial charge is 0.224 e. The number of fused-ring (bicyclic) bond motifs is 1. The number of ether oxygens (including phenoxy) is 1. The summed E-state index contributed by atoms with van der Waals surface area (Å²) in [4.78, 5) is 9.15. The summed E-state index contributed by atoms with van der Waals surface area (Å²) in [6, 6.07) is 10.1. The van der Waals surface area contributed by atoms with Crippen LogP contribution in [-0.4, -0.2) is 53.5 Å². The van der Waals surface area contributed by atoms with Crippen LogP contribution in [0.5, 0.6) is 5.75 Å². The maximum absolute atomic E-state index is 11.3. The Labute approximate surface area is 194 Å². The number of rotatable bonds is 9. The lowest BCUT2D eigenvalue weighted by Crippen LogP contribution is -2.27.